The van der Waals surface area contributed by atoms with Gasteiger partial charge in [-0.05, 0) is 54.4 Å². The summed E-state index contributed by atoms with van der Waals surface area (Å²) in [5, 5.41) is 7.61. The molecule has 31 heavy (non-hydrogen) atoms. The lowest BCUT2D eigenvalue weighted by atomic mass is 10.1. The van der Waals surface area contributed by atoms with Gasteiger partial charge in [0.2, 0.25) is 0 Å². The van der Waals surface area contributed by atoms with Gasteiger partial charge in [-0.15, -0.1) is 0 Å². The lowest BCUT2D eigenvalue weighted by Gasteiger charge is -2.12. The number of unbranched alkanes of at least 4 members (excludes halogenated alkanes) is 1. The minimum Gasteiger partial charge on any atom is -0.483 e. The molecule has 2 N–H and O–H groups in total. The minimum absolute atomic E-state index is 0.143. The fraction of sp³-hybridized carbons (Fsp3) is 0.208. The van der Waals surface area contributed by atoms with E-state index in [1.165, 1.54) is 0 Å². The second-order valence-corrected chi connectivity index (χ2v) is 7.24. The molecule has 7 heteroatoms. The molecule has 3 aromatic carbocycles. The first kappa shape index (κ1) is 22.2. The van der Waals surface area contributed by atoms with E-state index in [2.05, 4.69) is 10.6 Å². The number of ether oxygens (including phenoxy) is 2. The summed E-state index contributed by atoms with van der Waals surface area (Å²) in [6, 6.07) is 20.2. The van der Waals surface area contributed by atoms with Crippen molar-refractivity contribution in [3.8, 4) is 5.75 Å². The summed E-state index contributed by atoms with van der Waals surface area (Å²) in [6.45, 7) is 2.27. The normalized spacial score (nSPS) is 10.4. The van der Waals surface area contributed by atoms with Gasteiger partial charge in [0.05, 0.1) is 12.2 Å². The molecule has 3 aromatic rings. The number of hydrogen-bond donors (Lipinski definition) is 2. The third kappa shape index (κ3) is 6.52. The standard InChI is InChI=1S/C24H24N2O4S/c1-2-3-15-29-23(28)18-11-13-19(14-12-18)25-24(31)26-22(27)16-30-21-10-6-8-17-7-4-5-9-20(17)21/h4-14H,2-3,15-16H2,1H3,(H2,25,26,27,31). The zero-order valence-electron chi connectivity index (χ0n) is 17.2. The number of benzene rings is 3. The van der Waals surface area contributed by atoms with Crippen LogP contribution in [0.1, 0.15) is 30.1 Å². The van der Waals surface area contributed by atoms with Crippen molar-refractivity contribution in [3.05, 3.63) is 72.3 Å². The van der Waals surface area contributed by atoms with E-state index in [1.807, 2.05) is 49.4 Å². The molecular formula is C24H24N2O4S. The van der Waals surface area contributed by atoms with Crippen LogP contribution in [0, 0.1) is 0 Å². The van der Waals surface area contributed by atoms with Crippen molar-refractivity contribution < 1.29 is 19.1 Å². The monoisotopic (exact) mass is 436 g/mol. The van der Waals surface area contributed by atoms with Crippen molar-refractivity contribution in [2.24, 2.45) is 0 Å². The highest BCUT2D eigenvalue weighted by molar-refractivity contribution is 7.80. The smallest absolute Gasteiger partial charge is 0.338 e. The third-order valence-electron chi connectivity index (χ3n) is 4.47. The van der Waals surface area contributed by atoms with Gasteiger partial charge < -0.3 is 14.8 Å². The van der Waals surface area contributed by atoms with Gasteiger partial charge >= 0.3 is 5.97 Å². The number of esters is 1. The first-order valence-corrected chi connectivity index (χ1v) is 10.5. The van der Waals surface area contributed by atoms with E-state index in [0.29, 0.717) is 23.6 Å². The van der Waals surface area contributed by atoms with Crippen LogP contribution < -0.4 is 15.4 Å². The van der Waals surface area contributed by atoms with Crippen molar-refractivity contribution in [2.45, 2.75) is 19.8 Å². The summed E-state index contributed by atoms with van der Waals surface area (Å²) in [5.74, 6) is -0.100. The number of nitrogens with one attached hydrogen (secondary N) is 2. The van der Waals surface area contributed by atoms with Crippen molar-refractivity contribution in [1.82, 2.24) is 5.32 Å². The Morgan fingerprint density at radius 1 is 0.968 bits per heavy atom. The van der Waals surface area contributed by atoms with Crippen LogP contribution in [0.15, 0.2) is 66.7 Å². The predicted octanol–water partition coefficient (Wildman–Crippen LogP) is 4.69. The highest BCUT2D eigenvalue weighted by atomic mass is 32.1. The summed E-state index contributed by atoms with van der Waals surface area (Å²) in [6.07, 6.45) is 1.80. The van der Waals surface area contributed by atoms with Crippen LogP contribution in [0.25, 0.3) is 10.8 Å². The maximum Gasteiger partial charge on any atom is 0.338 e. The van der Waals surface area contributed by atoms with E-state index in [4.69, 9.17) is 21.7 Å². The zero-order chi connectivity index (χ0) is 22.1. The molecule has 6 nitrogen and oxygen atoms in total. The molecule has 0 aliphatic rings. The van der Waals surface area contributed by atoms with Crippen LogP contribution in [0.5, 0.6) is 5.75 Å². The molecule has 0 radical (unpaired) electrons. The van der Waals surface area contributed by atoms with Crippen molar-refractivity contribution in [3.63, 3.8) is 0 Å². The molecule has 160 valence electrons. The largest absolute Gasteiger partial charge is 0.483 e. The Morgan fingerprint density at radius 2 is 1.71 bits per heavy atom. The third-order valence-corrected chi connectivity index (χ3v) is 4.67. The SMILES string of the molecule is CCCCOC(=O)c1ccc(NC(=S)NC(=O)COc2cccc3ccccc23)cc1. The molecule has 0 aliphatic carbocycles. The molecule has 0 spiro atoms. The molecule has 0 fully saturated rings. The van der Waals surface area contributed by atoms with Gasteiger partial charge in [0.25, 0.3) is 5.91 Å². The molecule has 0 saturated carbocycles. The molecule has 0 bridgehead atoms. The number of fused-ring (bicyclic) bond motifs is 1. The van der Waals surface area contributed by atoms with Crippen molar-refractivity contribution in [2.75, 3.05) is 18.5 Å². The summed E-state index contributed by atoms with van der Waals surface area (Å²) in [7, 11) is 0. The number of carbonyl (C=O) groups is 2. The van der Waals surface area contributed by atoms with E-state index in [9.17, 15) is 9.59 Å². The van der Waals surface area contributed by atoms with Gasteiger partial charge in [0.1, 0.15) is 5.75 Å². The minimum atomic E-state index is -0.374. The summed E-state index contributed by atoms with van der Waals surface area (Å²) < 4.78 is 10.8. The van der Waals surface area contributed by atoms with Crippen LogP contribution in [-0.2, 0) is 9.53 Å². The van der Waals surface area contributed by atoms with E-state index in [-0.39, 0.29) is 23.6 Å². The van der Waals surface area contributed by atoms with E-state index in [0.717, 1.165) is 23.6 Å². The molecule has 0 heterocycles. The molecule has 1 amide bonds. The number of anilines is 1. The van der Waals surface area contributed by atoms with E-state index < -0.39 is 0 Å². The van der Waals surface area contributed by atoms with Gasteiger partial charge in [0, 0.05) is 11.1 Å². The number of carbonyl (C=O) groups excluding carboxylic acids is 2. The second kappa shape index (κ2) is 11.1. The fourth-order valence-corrected chi connectivity index (χ4v) is 3.10. The quantitative estimate of drug-likeness (QED) is 0.303. The average molecular weight is 437 g/mol. The number of amides is 1. The van der Waals surface area contributed by atoms with Crippen LogP contribution in [0.3, 0.4) is 0 Å². The Kier molecular flexibility index (Phi) is 7.95. The Labute approximate surface area is 186 Å². The van der Waals surface area contributed by atoms with Crippen LogP contribution in [-0.4, -0.2) is 30.2 Å². The Bertz CT molecular complexity index is 1060. The van der Waals surface area contributed by atoms with Gasteiger partial charge in [-0.1, -0.05) is 49.7 Å². The second-order valence-electron chi connectivity index (χ2n) is 6.84. The predicted molar refractivity (Wildman–Crippen MR) is 125 cm³/mol. The average Bonchev–Trinajstić information content (AvgIpc) is 2.78. The molecule has 0 atom stereocenters. The maximum atomic E-state index is 12.2. The first-order chi connectivity index (χ1) is 15.1. The molecule has 3 rings (SSSR count). The lowest BCUT2D eigenvalue weighted by molar-refractivity contribution is -0.121. The van der Waals surface area contributed by atoms with Gasteiger partial charge in [-0.3, -0.25) is 10.1 Å². The lowest BCUT2D eigenvalue weighted by Crippen LogP contribution is -2.37. The number of hydrogen-bond acceptors (Lipinski definition) is 5. The van der Waals surface area contributed by atoms with Gasteiger partial charge in [0.15, 0.2) is 11.7 Å². The summed E-state index contributed by atoms with van der Waals surface area (Å²) in [4.78, 5) is 24.1. The maximum absolute atomic E-state index is 12.2. The highest BCUT2D eigenvalue weighted by Gasteiger charge is 2.10. The topological polar surface area (TPSA) is 76.7 Å². The van der Waals surface area contributed by atoms with Gasteiger partial charge in [-0.25, -0.2) is 4.79 Å². The molecule has 0 saturated heterocycles. The first-order valence-electron chi connectivity index (χ1n) is 10.1. The number of thiocarbonyl (C=S) groups is 1. The fourth-order valence-electron chi connectivity index (χ4n) is 2.87. The Hall–Kier alpha value is -3.45. The number of rotatable bonds is 8. The van der Waals surface area contributed by atoms with Gasteiger partial charge in [-0.2, -0.15) is 0 Å². The molecular weight excluding hydrogens is 412 g/mol. The van der Waals surface area contributed by atoms with Crippen molar-refractivity contribution >= 4 is 45.7 Å². The highest BCUT2D eigenvalue weighted by Crippen LogP contribution is 2.24. The van der Waals surface area contributed by atoms with Crippen LogP contribution in [0.2, 0.25) is 0 Å². The summed E-state index contributed by atoms with van der Waals surface area (Å²) in [5.41, 5.74) is 1.10. The molecule has 0 unspecified atom stereocenters. The van der Waals surface area contributed by atoms with E-state index >= 15 is 0 Å². The Balaban J connectivity index is 1.47. The molecule has 0 aliphatic heterocycles. The molecule has 0 aromatic heterocycles. The van der Waals surface area contributed by atoms with Crippen molar-refractivity contribution in [1.29, 1.82) is 0 Å². The zero-order valence-corrected chi connectivity index (χ0v) is 18.0. The van der Waals surface area contributed by atoms with E-state index in [1.54, 1.807) is 24.3 Å². The Morgan fingerprint density at radius 3 is 2.48 bits per heavy atom. The van der Waals surface area contributed by atoms with Crippen LogP contribution >= 0.6 is 12.2 Å². The summed E-state index contributed by atoms with van der Waals surface area (Å²) >= 11 is 5.18. The van der Waals surface area contributed by atoms with Crippen LogP contribution in [0.4, 0.5) is 5.69 Å².